The number of carboxylic acid groups (broad SMARTS) is 1. The first-order valence-electron chi connectivity index (χ1n) is 5.02. The summed E-state index contributed by atoms with van der Waals surface area (Å²) < 4.78 is 0.701. The standard InChI is InChI=1S/C11H12BrNO2/c12-9-5-3-4-8(13-9)11(10(14)15)6-1-2-7-11/h3-5H,1-2,6-7H2,(H,14,15). The normalized spacial score (nSPS) is 19.0. The summed E-state index contributed by atoms with van der Waals surface area (Å²) >= 11 is 3.28. The van der Waals surface area contributed by atoms with Gasteiger partial charge in [-0.2, -0.15) is 0 Å². The lowest BCUT2D eigenvalue weighted by Gasteiger charge is -2.22. The number of carbonyl (C=O) groups is 1. The molecule has 1 fully saturated rings. The molecular weight excluding hydrogens is 258 g/mol. The van der Waals surface area contributed by atoms with Crippen molar-refractivity contribution in [2.45, 2.75) is 31.1 Å². The van der Waals surface area contributed by atoms with Gasteiger partial charge in [0.1, 0.15) is 10.0 Å². The predicted molar refractivity (Wildman–Crippen MR) is 59.7 cm³/mol. The molecule has 1 saturated carbocycles. The van der Waals surface area contributed by atoms with Crippen LogP contribution in [0.15, 0.2) is 22.8 Å². The number of aliphatic carboxylic acids is 1. The lowest BCUT2D eigenvalue weighted by Crippen LogP contribution is -2.33. The van der Waals surface area contributed by atoms with Crippen LogP contribution in [-0.4, -0.2) is 16.1 Å². The van der Waals surface area contributed by atoms with E-state index >= 15 is 0 Å². The van der Waals surface area contributed by atoms with Gasteiger partial charge in [0.15, 0.2) is 0 Å². The van der Waals surface area contributed by atoms with Gasteiger partial charge in [0.05, 0.1) is 5.69 Å². The van der Waals surface area contributed by atoms with Crippen LogP contribution in [0.4, 0.5) is 0 Å². The molecule has 15 heavy (non-hydrogen) atoms. The molecule has 1 aromatic heterocycles. The van der Waals surface area contributed by atoms with Gasteiger partial charge in [-0.05, 0) is 40.9 Å². The quantitative estimate of drug-likeness (QED) is 0.840. The van der Waals surface area contributed by atoms with E-state index in [0.29, 0.717) is 23.1 Å². The molecule has 0 aliphatic heterocycles. The molecule has 0 spiro atoms. The number of rotatable bonds is 2. The van der Waals surface area contributed by atoms with Gasteiger partial charge in [-0.1, -0.05) is 18.9 Å². The molecule has 0 atom stereocenters. The van der Waals surface area contributed by atoms with Crippen LogP contribution < -0.4 is 0 Å². The summed E-state index contributed by atoms with van der Waals surface area (Å²) in [6.45, 7) is 0. The monoisotopic (exact) mass is 269 g/mol. The second-order valence-electron chi connectivity index (χ2n) is 3.94. The van der Waals surface area contributed by atoms with Crippen molar-refractivity contribution in [1.29, 1.82) is 0 Å². The number of pyridine rings is 1. The third-order valence-electron chi connectivity index (χ3n) is 3.07. The molecule has 1 aromatic rings. The van der Waals surface area contributed by atoms with E-state index in [0.717, 1.165) is 12.8 Å². The minimum absolute atomic E-state index is 0.682. The van der Waals surface area contributed by atoms with Crippen LogP contribution in [0.5, 0.6) is 0 Å². The second kappa shape index (κ2) is 3.93. The Morgan fingerprint density at radius 2 is 2.07 bits per heavy atom. The zero-order valence-electron chi connectivity index (χ0n) is 8.24. The van der Waals surface area contributed by atoms with Gasteiger partial charge in [-0.3, -0.25) is 4.79 Å². The smallest absolute Gasteiger partial charge is 0.315 e. The van der Waals surface area contributed by atoms with Crippen molar-refractivity contribution in [1.82, 2.24) is 4.98 Å². The topological polar surface area (TPSA) is 50.2 Å². The number of carboxylic acids is 1. The number of aromatic nitrogens is 1. The number of halogens is 1. The highest BCUT2D eigenvalue weighted by Gasteiger charge is 2.44. The molecule has 3 nitrogen and oxygen atoms in total. The molecular formula is C11H12BrNO2. The van der Waals surface area contributed by atoms with Crippen LogP contribution in [0, 0.1) is 0 Å². The largest absolute Gasteiger partial charge is 0.481 e. The van der Waals surface area contributed by atoms with Crippen LogP contribution in [0.1, 0.15) is 31.4 Å². The van der Waals surface area contributed by atoms with Crippen molar-refractivity contribution < 1.29 is 9.90 Å². The van der Waals surface area contributed by atoms with E-state index < -0.39 is 11.4 Å². The first-order chi connectivity index (χ1) is 7.15. The molecule has 80 valence electrons. The van der Waals surface area contributed by atoms with Crippen molar-refractivity contribution in [3.63, 3.8) is 0 Å². The summed E-state index contributed by atoms with van der Waals surface area (Å²) in [6.07, 6.45) is 3.35. The Kier molecular flexibility index (Phi) is 2.78. The molecule has 1 heterocycles. The molecule has 1 aliphatic rings. The molecule has 1 N–H and O–H groups in total. The molecule has 2 rings (SSSR count). The molecule has 1 aliphatic carbocycles. The van der Waals surface area contributed by atoms with Gasteiger partial charge in [-0.25, -0.2) is 4.98 Å². The third kappa shape index (κ3) is 1.78. The van der Waals surface area contributed by atoms with Gasteiger partial charge in [-0.15, -0.1) is 0 Å². The average molecular weight is 270 g/mol. The van der Waals surface area contributed by atoms with E-state index in [1.54, 1.807) is 0 Å². The summed E-state index contributed by atoms with van der Waals surface area (Å²) in [4.78, 5) is 15.7. The molecule has 0 aromatic carbocycles. The first-order valence-corrected chi connectivity index (χ1v) is 5.81. The lowest BCUT2D eigenvalue weighted by atomic mass is 9.82. The maximum atomic E-state index is 11.4. The fraction of sp³-hybridized carbons (Fsp3) is 0.455. The summed E-state index contributed by atoms with van der Waals surface area (Å²) in [6, 6.07) is 5.47. The summed E-state index contributed by atoms with van der Waals surface area (Å²) in [5, 5.41) is 9.35. The average Bonchev–Trinajstić information content (AvgIpc) is 2.67. The van der Waals surface area contributed by atoms with Crippen LogP contribution >= 0.6 is 15.9 Å². The van der Waals surface area contributed by atoms with Crippen molar-refractivity contribution in [2.24, 2.45) is 0 Å². The Hall–Kier alpha value is -0.900. The number of hydrogen-bond donors (Lipinski definition) is 1. The predicted octanol–water partition coefficient (Wildman–Crippen LogP) is 2.74. The number of nitrogens with zero attached hydrogens (tertiary/aromatic N) is 1. The highest BCUT2D eigenvalue weighted by atomic mass is 79.9. The van der Waals surface area contributed by atoms with Gasteiger partial charge >= 0.3 is 5.97 Å². The van der Waals surface area contributed by atoms with Crippen LogP contribution in [0.2, 0.25) is 0 Å². The van der Waals surface area contributed by atoms with E-state index in [1.807, 2.05) is 18.2 Å². The van der Waals surface area contributed by atoms with Crippen molar-refractivity contribution in [3.05, 3.63) is 28.5 Å². The summed E-state index contributed by atoms with van der Waals surface area (Å²) in [5.74, 6) is -0.745. The minimum atomic E-state index is -0.746. The summed E-state index contributed by atoms with van der Waals surface area (Å²) in [7, 11) is 0. The van der Waals surface area contributed by atoms with Crippen LogP contribution in [0.3, 0.4) is 0 Å². The fourth-order valence-electron chi connectivity index (χ4n) is 2.23. The summed E-state index contributed by atoms with van der Waals surface area (Å²) in [5.41, 5.74) is -0.0640. The zero-order chi connectivity index (χ0) is 10.9. The molecule has 0 radical (unpaired) electrons. The lowest BCUT2D eigenvalue weighted by molar-refractivity contribution is -0.143. The van der Waals surface area contributed by atoms with Crippen LogP contribution in [0.25, 0.3) is 0 Å². The highest BCUT2D eigenvalue weighted by molar-refractivity contribution is 9.10. The molecule has 0 amide bonds. The van der Waals surface area contributed by atoms with E-state index in [-0.39, 0.29) is 0 Å². The van der Waals surface area contributed by atoms with Crippen LogP contribution in [-0.2, 0) is 10.2 Å². The van der Waals surface area contributed by atoms with E-state index in [2.05, 4.69) is 20.9 Å². The maximum absolute atomic E-state index is 11.4. The molecule has 0 saturated heterocycles. The van der Waals surface area contributed by atoms with Crippen molar-refractivity contribution >= 4 is 21.9 Å². The Morgan fingerprint density at radius 1 is 1.40 bits per heavy atom. The fourth-order valence-corrected chi connectivity index (χ4v) is 2.58. The SMILES string of the molecule is O=C(O)C1(c2cccc(Br)n2)CCCC1. The molecule has 0 bridgehead atoms. The van der Waals surface area contributed by atoms with Gasteiger partial charge in [0.25, 0.3) is 0 Å². The van der Waals surface area contributed by atoms with E-state index in [9.17, 15) is 9.90 Å². The maximum Gasteiger partial charge on any atom is 0.315 e. The van der Waals surface area contributed by atoms with E-state index in [1.165, 1.54) is 0 Å². The highest BCUT2D eigenvalue weighted by Crippen LogP contribution is 2.40. The Balaban J connectivity index is 2.45. The molecule has 0 unspecified atom stereocenters. The Bertz CT molecular complexity index is 386. The zero-order valence-corrected chi connectivity index (χ0v) is 9.83. The Morgan fingerprint density at radius 3 is 2.60 bits per heavy atom. The van der Waals surface area contributed by atoms with E-state index in [4.69, 9.17) is 0 Å². The first kappa shape index (κ1) is 10.6. The number of hydrogen-bond acceptors (Lipinski definition) is 2. The van der Waals surface area contributed by atoms with Gasteiger partial charge in [0.2, 0.25) is 0 Å². The van der Waals surface area contributed by atoms with Crippen molar-refractivity contribution in [3.8, 4) is 0 Å². The molecule has 4 heteroatoms. The minimum Gasteiger partial charge on any atom is -0.481 e. The van der Waals surface area contributed by atoms with Gasteiger partial charge < -0.3 is 5.11 Å². The van der Waals surface area contributed by atoms with Gasteiger partial charge in [0, 0.05) is 0 Å². The van der Waals surface area contributed by atoms with Crippen molar-refractivity contribution in [2.75, 3.05) is 0 Å². The Labute approximate surface area is 96.7 Å². The second-order valence-corrected chi connectivity index (χ2v) is 4.75. The third-order valence-corrected chi connectivity index (χ3v) is 3.51.